The van der Waals surface area contributed by atoms with Gasteiger partial charge in [0.25, 0.3) is 0 Å². The first-order chi connectivity index (χ1) is 14.5. The Balaban J connectivity index is 1.33. The van der Waals surface area contributed by atoms with Crippen LogP contribution in [0.2, 0.25) is 5.02 Å². The normalized spacial score (nSPS) is 13.7. The van der Waals surface area contributed by atoms with Gasteiger partial charge >= 0.3 is 0 Å². The van der Waals surface area contributed by atoms with Crippen LogP contribution in [0.25, 0.3) is 11.4 Å². The first-order valence-electron chi connectivity index (χ1n) is 9.48. The largest absolute Gasteiger partial charge is 0.339 e. The number of hydrogen-bond donors (Lipinski definition) is 1. The highest BCUT2D eigenvalue weighted by molar-refractivity contribution is 6.30. The molecule has 0 saturated carbocycles. The summed E-state index contributed by atoms with van der Waals surface area (Å²) in [5.41, 5.74) is 1.31. The topological polar surface area (TPSA) is 88.3 Å². The van der Waals surface area contributed by atoms with Crippen LogP contribution < -0.4 is 10.2 Å². The molecule has 4 rings (SSSR count). The van der Waals surface area contributed by atoms with Crippen molar-refractivity contribution in [1.29, 1.82) is 0 Å². The minimum atomic E-state index is -0.549. The summed E-state index contributed by atoms with van der Waals surface area (Å²) in [6.07, 6.45) is 1.48. The fourth-order valence-corrected chi connectivity index (χ4v) is 3.35. The number of amides is 2. The molecule has 0 spiro atoms. The minimum absolute atomic E-state index is 0.0935. The van der Waals surface area contributed by atoms with Gasteiger partial charge in [0, 0.05) is 42.1 Å². The monoisotopic (exact) mass is 428 g/mol. The van der Waals surface area contributed by atoms with Gasteiger partial charge in [-0.1, -0.05) is 16.8 Å². The summed E-state index contributed by atoms with van der Waals surface area (Å²) >= 11 is 5.86. The van der Waals surface area contributed by atoms with Gasteiger partial charge in [-0.3, -0.25) is 9.59 Å². The van der Waals surface area contributed by atoms with Crippen molar-refractivity contribution >= 4 is 34.8 Å². The summed E-state index contributed by atoms with van der Waals surface area (Å²) in [6, 6.07) is 11.3. The summed E-state index contributed by atoms with van der Waals surface area (Å²) in [5.74, 6) is -0.221. The first kappa shape index (κ1) is 20.0. The summed E-state index contributed by atoms with van der Waals surface area (Å²) in [7, 11) is 0. The van der Waals surface area contributed by atoms with Gasteiger partial charge in [-0.2, -0.15) is 4.98 Å². The van der Waals surface area contributed by atoms with Gasteiger partial charge < -0.3 is 14.7 Å². The molecule has 0 radical (unpaired) electrons. The van der Waals surface area contributed by atoms with Crippen molar-refractivity contribution in [3.05, 3.63) is 59.2 Å². The van der Waals surface area contributed by atoms with E-state index in [9.17, 15) is 14.0 Å². The Hall–Kier alpha value is -3.26. The van der Waals surface area contributed by atoms with Crippen molar-refractivity contribution in [3.8, 4) is 11.4 Å². The second-order valence-corrected chi connectivity index (χ2v) is 7.32. The van der Waals surface area contributed by atoms with E-state index in [2.05, 4.69) is 15.5 Å². The van der Waals surface area contributed by atoms with Crippen LogP contribution in [0.3, 0.4) is 0 Å². The van der Waals surface area contributed by atoms with Gasteiger partial charge in [-0.15, -0.1) is 0 Å². The number of anilines is 2. The van der Waals surface area contributed by atoms with E-state index in [1.807, 2.05) is 0 Å². The highest BCUT2D eigenvalue weighted by atomic mass is 35.5. The van der Waals surface area contributed by atoms with E-state index in [0.29, 0.717) is 41.8 Å². The number of carbonyl (C=O) groups excluding carboxylic acids is 2. The number of aryl methyl sites for hydroxylation is 1. The van der Waals surface area contributed by atoms with Crippen molar-refractivity contribution < 1.29 is 18.5 Å². The van der Waals surface area contributed by atoms with Crippen molar-refractivity contribution in [2.24, 2.45) is 0 Å². The van der Waals surface area contributed by atoms with Crippen molar-refractivity contribution in [2.45, 2.75) is 25.7 Å². The third-order valence-corrected chi connectivity index (χ3v) is 4.98. The van der Waals surface area contributed by atoms with E-state index in [-0.39, 0.29) is 30.3 Å². The van der Waals surface area contributed by atoms with Crippen molar-refractivity contribution in [2.75, 3.05) is 16.8 Å². The lowest BCUT2D eigenvalue weighted by Crippen LogP contribution is -2.24. The van der Waals surface area contributed by atoms with E-state index >= 15 is 0 Å². The third-order valence-electron chi connectivity index (χ3n) is 4.73. The zero-order chi connectivity index (χ0) is 21.1. The number of aromatic nitrogens is 2. The predicted molar refractivity (Wildman–Crippen MR) is 110 cm³/mol. The molecular weight excluding hydrogens is 411 g/mol. The molecule has 1 aliphatic heterocycles. The Labute approximate surface area is 176 Å². The maximum absolute atomic E-state index is 14.4. The maximum atomic E-state index is 14.4. The molecule has 7 nitrogen and oxygen atoms in total. The Morgan fingerprint density at radius 2 is 2.03 bits per heavy atom. The number of benzene rings is 2. The van der Waals surface area contributed by atoms with E-state index in [4.69, 9.17) is 16.1 Å². The van der Waals surface area contributed by atoms with Gasteiger partial charge in [0.2, 0.25) is 23.5 Å². The molecule has 1 saturated heterocycles. The highest BCUT2D eigenvalue weighted by Gasteiger charge is 2.24. The lowest BCUT2D eigenvalue weighted by Gasteiger charge is -2.17. The lowest BCUT2D eigenvalue weighted by molar-refractivity contribution is -0.117. The fourth-order valence-electron chi connectivity index (χ4n) is 3.22. The maximum Gasteiger partial charge on any atom is 0.227 e. The van der Waals surface area contributed by atoms with Crippen molar-refractivity contribution in [1.82, 2.24) is 10.1 Å². The van der Waals surface area contributed by atoms with Crippen molar-refractivity contribution in [3.63, 3.8) is 0 Å². The van der Waals surface area contributed by atoms with Crippen LogP contribution >= 0.6 is 11.6 Å². The number of nitrogens with one attached hydrogen (secondary N) is 1. The summed E-state index contributed by atoms with van der Waals surface area (Å²) in [4.78, 5) is 29.7. The molecule has 2 aromatic carbocycles. The number of halogens is 2. The Morgan fingerprint density at radius 1 is 1.23 bits per heavy atom. The fraction of sp³-hybridized carbons (Fsp3) is 0.238. The molecule has 0 unspecified atom stereocenters. The van der Waals surface area contributed by atoms with E-state index in [1.54, 1.807) is 30.3 Å². The smallest absolute Gasteiger partial charge is 0.227 e. The Morgan fingerprint density at radius 3 is 2.73 bits per heavy atom. The molecule has 2 amide bonds. The zero-order valence-electron chi connectivity index (χ0n) is 15.9. The van der Waals surface area contributed by atoms with Gasteiger partial charge in [-0.05, 0) is 48.9 Å². The number of nitrogens with zero attached hydrogens (tertiary/aromatic N) is 3. The second-order valence-electron chi connectivity index (χ2n) is 6.88. The summed E-state index contributed by atoms with van der Waals surface area (Å²) < 4.78 is 19.6. The molecular formula is C21H18ClFN4O3. The molecule has 2 heterocycles. The average molecular weight is 429 g/mol. The SMILES string of the molecule is O=C(CCc1nc(-c2ccc(Cl)cc2)no1)Nc1ccc(N2CCCC2=O)c(F)c1. The van der Waals surface area contributed by atoms with Crippen LogP contribution in [0.5, 0.6) is 0 Å². The predicted octanol–water partition coefficient (Wildman–Crippen LogP) is 4.23. The summed E-state index contributed by atoms with van der Waals surface area (Å²) in [5, 5.41) is 7.15. The lowest BCUT2D eigenvalue weighted by atomic mass is 10.2. The molecule has 3 aromatic rings. The average Bonchev–Trinajstić information content (AvgIpc) is 3.36. The van der Waals surface area contributed by atoms with Gasteiger partial charge in [0.05, 0.1) is 5.69 Å². The number of hydrogen-bond acceptors (Lipinski definition) is 5. The molecule has 30 heavy (non-hydrogen) atoms. The van der Waals surface area contributed by atoms with E-state index in [1.165, 1.54) is 17.0 Å². The highest BCUT2D eigenvalue weighted by Crippen LogP contribution is 2.27. The third kappa shape index (κ3) is 4.49. The zero-order valence-corrected chi connectivity index (χ0v) is 16.7. The first-order valence-corrected chi connectivity index (χ1v) is 9.86. The molecule has 1 fully saturated rings. The van der Waals surface area contributed by atoms with Crippen LogP contribution in [0, 0.1) is 5.82 Å². The summed E-state index contributed by atoms with van der Waals surface area (Å²) in [6.45, 7) is 0.504. The number of carbonyl (C=O) groups is 2. The Kier molecular flexibility index (Phi) is 5.76. The molecule has 0 bridgehead atoms. The molecule has 0 atom stereocenters. The molecule has 154 valence electrons. The quantitative estimate of drug-likeness (QED) is 0.634. The molecule has 1 N–H and O–H groups in total. The second kappa shape index (κ2) is 8.62. The van der Waals surface area contributed by atoms with Gasteiger partial charge in [0.15, 0.2) is 0 Å². The van der Waals surface area contributed by atoms with Crippen LogP contribution in [0.15, 0.2) is 47.0 Å². The van der Waals surface area contributed by atoms with Gasteiger partial charge in [-0.25, -0.2) is 4.39 Å². The molecule has 0 aliphatic carbocycles. The van der Waals surface area contributed by atoms with Crippen LogP contribution in [0.1, 0.15) is 25.2 Å². The van der Waals surface area contributed by atoms with E-state index < -0.39 is 5.82 Å². The minimum Gasteiger partial charge on any atom is -0.339 e. The standard InChI is InChI=1S/C21H18ClFN4O3/c22-14-5-3-13(4-6-14)21-25-19(30-26-21)10-9-18(28)24-15-7-8-17(16(23)12-15)27-11-1-2-20(27)29/h3-8,12H,1-2,9-11H2,(H,24,28). The molecule has 9 heteroatoms. The Bertz CT molecular complexity index is 1080. The van der Waals surface area contributed by atoms with Crippen LogP contribution in [-0.4, -0.2) is 28.5 Å². The van der Waals surface area contributed by atoms with E-state index in [0.717, 1.165) is 5.56 Å². The number of rotatable bonds is 6. The molecule has 1 aliphatic rings. The van der Waals surface area contributed by atoms with Crippen LogP contribution in [0.4, 0.5) is 15.8 Å². The van der Waals surface area contributed by atoms with Gasteiger partial charge in [0.1, 0.15) is 5.82 Å². The van der Waals surface area contributed by atoms with Crippen LogP contribution in [-0.2, 0) is 16.0 Å². The molecule has 1 aromatic heterocycles.